The molecule has 0 aromatic carbocycles. The van der Waals surface area contributed by atoms with E-state index >= 15 is 0 Å². The van der Waals surface area contributed by atoms with E-state index in [9.17, 15) is 8.42 Å². The van der Waals surface area contributed by atoms with Crippen LogP contribution in [0.25, 0.3) is 0 Å². The molecule has 1 fully saturated rings. The number of hydrogen-bond acceptors (Lipinski definition) is 4. The first-order chi connectivity index (χ1) is 9.39. The van der Waals surface area contributed by atoms with E-state index < -0.39 is 10.0 Å². The molecule has 7 heteroatoms. The molecule has 114 valence electrons. The third-order valence-electron chi connectivity index (χ3n) is 3.67. The largest absolute Gasteiger partial charge is 0.301 e. The van der Waals surface area contributed by atoms with Gasteiger partial charge < -0.3 is 4.90 Å². The number of aryl methyl sites for hydroxylation is 1. The van der Waals surface area contributed by atoms with Gasteiger partial charge in [-0.25, -0.2) is 8.42 Å². The van der Waals surface area contributed by atoms with E-state index in [0.717, 1.165) is 26.1 Å². The van der Waals surface area contributed by atoms with Crippen LogP contribution in [0.2, 0.25) is 0 Å². The molecule has 0 saturated carbocycles. The molecule has 0 aliphatic carbocycles. The molecule has 1 aromatic heterocycles. The van der Waals surface area contributed by atoms with E-state index in [0.29, 0.717) is 19.0 Å². The van der Waals surface area contributed by atoms with Crippen molar-refractivity contribution in [3.05, 3.63) is 12.4 Å². The molecule has 0 radical (unpaired) electrons. The first kappa shape index (κ1) is 15.5. The van der Waals surface area contributed by atoms with Gasteiger partial charge in [0.15, 0.2) is 0 Å². The number of aromatic nitrogens is 2. The minimum absolute atomic E-state index is 0.288. The molecule has 0 amide bonds. The van der Waals surface area contributed by atoms with Gasteiger partial charge in [-0.1, -0.05) is 13.8 Å². The lowest BCUT2D eigenvalue weighted by molar-refractivity contribution is 0.180. The minimum atomic E-state index is -3.37. The van der Waals surface area contributed by atoms with Crippen LogP contribution in [-0.4, -0.2) is 60.1 Å². The maximum atomic E-state index is 12.4. The standard InChI is InChI=1S/C13H24N4O2S/c1-12(2)4-5-16-6-8-17(9-7-16)20(18,19)13-10-14-15(3)11-13/h10-12H,4-9H2,1-3H3. The maximum absolute atomic E-state index is 12.4. The third kappa shape index (κ3) is 3.59. The maximum Gasteiger partial charge on any atom is 0.246 e. The van der Waals surface area contributed by atoms with Crippen LogP contribution in [-0.2, 0) is 17.1 Å². The lowest BCUT2D eigenvalue weighted by Gasteiger charge is -2.34. The Bertz CT molecular complexity index is 530. The molecule has 0 unspecified atom stereocenters. The molecule has 0 atom stereocenters. The summed E-state index contributed by atoms with van der Waals surface area (Å²) in [4.78, 5) is 2.63. The minimum Gasteiger partial charge on any atom is -0.301 e. The van der Waals surface area contributed by atoms with Crippen molar-refractivity contribution in [1.29, 1.82) is 0 Å². The predicted octanol–water partition coefficient (Wildman–Crippen LogP) is 0.773. The monoisotopic (exact) mass is 300 g/mol. The quantitative estimate of drug-likeness (QED) is 0.806. The normalized spacial score (nSPS) is 18.8. The average Bonchev–Trinajstić information content (AvgIpc) is 2.84. The van der Waals surface area contributed by atoms with Crippen LogP contribution < -0.4 is 0 Å². The van der Waals surface area contributed by atoms with Gasteiger partial charge in [-0.2, -0.15) is 9.40 Å². The van der Waals surface area contributed by atoms with E-state index in [2.05, 4.69) is 23.8 Å². The zero-order chi connectivity index (χ0) is 14.8. The second-order valence-corrected chi connectivity index (χ2v) is 7.72. The summed E-state index contributed by atoms with van der Waals surface area (Å²) in [5.74, 6) is 0.687. The molecule has 0 N–H and O–H groups in total. The van der Waals surface area contributed by atoms with E-state index in [4.69, 9.17) is 0 Å². The van der Waals surface area contributed by atoms with Crippen molar-refractivity contribution in [2.45, 2.75) is 25.2 Å². The number of piperazine rings is 1. The molecule has 0 bridgehead atoms. The number of nitrogens with zero attached hydrogens (tertiary/aromatic N) is 4. The fourth-order valence-corrected chi connectivity index (χ4v) is 3.72. The number of rotatable bonds is 5. The SMILES string of the molecule is CC(C)CCN1CCN(S(=O)(=O)c2cnn(C)c2)CC1. The lowest BCUT2D eigenvalue weighted by Crippen LogP contribution is -2.48. The summed E-state index contributed by atoms with van der Waals surface area (Å²) >= 11 is 0. The van der Waals surface area contributed by atoms with Crippen molar-refractivity contribution in [3.63, 3.8) is 0 Å². The molecule has 1 saturated heterocycles. The van der Waals surface area contributed by atoms with Crippen LogP contribution in [0.3, 0.4) is 0 Å². The van der Waals surface area contributed by atoms with Gasteiger partial charge in [0.2, 0.25) is 10.0 Å². The average molecular weight is 300 g/mol. The van der Waals surface area contributed by atoms with Crippen LogP contribution in [0, 0.1) is 5.92 Å². The molecule has 0 spiro atoms. The van der Waals surface area contributed by atoms with E-state index in [1.165, 1.54) is 10.9 Å². The molecule has 2 heterocycles. The summed E-state index contributed by atoms with van der Waals surface area (Å²) in [6.07, 6.45) is 4.14. The van der Waals surface area contributed by atoms with E-state index in [1.807, 2.05) is 0 Å². The highest BCUT2D eigenvalue weighted by Crippen LogP contribution is 2.17. The van der Waals surface area contributed by atoms with E-state index in [-0.39, 0.29) is 4.90 Å². The van der Waals surface area contributed by atoms with Crippen molar-refractivity contribution in [2.24, 2.45) is 13.0 Å². The van der Waals surface area contributed by atoms with Gasteiger partial charge in [0.25, 0.3) is 0 Å². The molecule has 1 aliphatic rings. The Balaban J connectivity index is 1.93. The Morgan fingerprint density at radius 2 is 1.90 bits per heavy atom. The molecular weight excluding hydrogens is 276 g/mol. The lowest BCUT2D eigenvalue weighted by atomic mass is 10.1. The molecular formula is C13H24N4O2S. The summed E-state index contributed by atoms with van der Waals surface area (Å²) in [6, 6.07) is 0. The molecule has 1 aliphatic heterocycles. The molecule has 2 rings (SSSR count). The molecule has 6 nitrogen and oxygen atoms in total. The van der Waals surface area contributed by atoms with Crippen LogP contribution >= 0.6 is 0 Å². The Hall–Kier alpha value is -0.920. The van der Waals surface area contributed by atoms with E-state index in [1.54, 1.807) is 17.5 Å². The van der Waals surface area contributed by atoms with Gasteiger partial charge in [0.1, 0.15) is 4.90 Å². The Morgan fingerprint density at radius 3 is 2.40 bits per heavy atom. The van der Waals surface area contributed by atoms with Gasteiger partial charge in [-0.05, 0) is 18.9 Å². The van der Waals surface area contributed by atoms with Crippen LogP contribution in [0.5, 0.6) is 0 Å². The number of hydrogen-bond donors (Lipinski definition) is 0. The van der Waals surface area contributed by atoms with Crippen LogP contribution in [0.4, 0.5) is 0 Å². The van der Waals surface area contributed by atoms with Gasteiger partial charge in [0, 0.05) is 39.4 Å². The highest BCUT2D eigenvalue weighted by Gasteiger charge is 2.29. The Morgan fingerprint density at radius 1 is 1.25 bits per heavy atom. The predicted molar refractivity (Wildman–Crippen MR) is 77.9 cm³/mol. The highest BCUT2D eigenvalue weighted by molar-refractivity contribution is 7.89. The van der Waals surface area contributed by atoms with Crippen LogP contribution in [0.1, 0.15) is 20.3 Å². The van der Waals surface area contributed by atoms with Crippen molar-refractivity contribution >= 4 is 10.0 Å². The second-order valence-electron chi connectivity index (χ2n) is 5.78. The molecule has 1 aromatic rings. The zero-order valence-electron chi connectivity index (χ0n) is 12.5. The Labute approximate surface area is 121 Å². The van der Waals surface area contributed by atoms with Crippen molar-refractivity contribution in [2.75, 3.05) is 32.7 Å². The van der Waals surface area contributed by atoms with Crippen molar-refractivity contribution < 1.29 is 8.42 Å². The van der Waals surface area contributed by atoms with Crippen LogP contribution in [0.15, 0.2) is 17.3 Å². The highest BCUT2D eigenvalue weighted by atomic mass is 32.2. The topological polar surface area (TPSA) is 58.4 Å². The molecule has 20 heavy (non-hydrogen) atoms. The number of sulfonamides is 1. The van der Waals surface area contributed by atoms with Gasteiger partial charge >= 0.3 is 0 Å². The first-order valence-electron chi connectivity index (χ1n) is 7.11. The Kier molecular flexibility index (Phi) is 4.82. The fourth-order valence-electron chi connectivity index (χ4n) is 2.32. The summed E-state index contributed by atoms with van der Waals surface area (Å²) in [6.45, 7) is 8.23. The zero-order valence-corrected chi connectivity index (χ0v) is 13.3. The van der Waals surface area contributed by atoms with Gasteiger partial charge in [-0.15, -0.1) is 0 Å². The van der Waals surface area contributed by atoms with Crippen molar-refractivity contribution in [1.82, 2.24) is 19.0 Å². The van der Waals surface area contributed by atoms with Gasteiger partial charge in [0.05, 0.1) is 6.20 Å². The summed E-state index contributed by atoms with van der Waals surface area (Å²) in [5.41, 5.74) is 0. The third-order valence-corrected chi connectivity index (χ3v) is 5.52. The smallest absolute Gasteiger partial charge is 0.246 e. The van der Waals surface area contributed by atoms with Gasteiger partial charge in [-0.3, -0.25) is 4.68 Å². The second kappa shape index (κ2) is 6.24. The first-order valence-corrected chi connectivity index (χ1v) is 8.55. The van der Waals surface area contributed by atoms with Crippen molar-refractivity contribution in [3.8, 4) is 0 Å². The summed E-state index contributed by atoms with van der Waals surface area (Å²) in [7, 11) is -1.65. The summed E-state index contributed by atoms with van der Waals surface area (Å²) < 4.78 is 27.9. The fraction of sp³-hybridized carbons (Fsp3) is 0.769. The summed E-state index contributed by atoms with van der Waals surface area (Å²) in [5, 5.41) is 3.94.